The highest BCUT2D eigenvalue weighted by molar-refractivity contribution is 5.86. The summed E-state index contributed by atoms with van der Waals surface area (Å²) in [6.45, 7) is 1.33. The molecule has 0 saturated heterocycles. The van der Waals surface area contributed by atoms with Gasteiger partial charge in [0.1, 0.15) is 11.5 Å². The van der Waals surface area contributed by atoms with Gasteiger partial charge in [-0.05, 0) is 5.56 Å². The van der Waals surface area contributed by atoms with Crippen LogP contribution in [0.15, 0.2) is 36.4 Å². The van der Waals surface area contributed by atoms with E-state index in [0.717, 1.165) is 5.56 Å². The summed E-state index contributed by atoms with van der Waals surface area (Å²) in [6.07, 6.45) is 3.67. The summed E-state index contributed by atoms with van der Waals surface area (Å²) in [5, 5.41) is 0. The van der Waals surface area contributed by atoms with E-state index in [2.05, 4.69) is 0 Å². The molecule has 1 saturated carbocycles. The number of esters is 2. The number of carbonyl (C=O) groups is 2. The van der Waals surface area contributed by atoms with Crippen molar-refractivity contribution in [3.63, 3.8) is 0 Å². The van der Waals surface area contributed by atoms with Crippen LogP contribution in [0.25, 0.3) is 6.08 Å². The van der Waals surface area contributed by atoms with Crippen molar-refractivity contribution >= 4 is 18.0 Å². The lowest BCUT2D eigenvalue weighted by molar-refractivity contribution is -0.150. The molecule has 0 spiro atoms. The highest BCUT2D eigenvalue weighted by Gasteiger charge is 2.62. The van der Waals surface area contributed by atoms with E-state index in [9.17, 15) is 9.59 Å². The van der Waals surface area contributed by atoms with Crippen LogP contribution in [-0.4, -0.2) is 25.2 Å². The molecule has 1 aromatic carbocycles. The van der Waals surface area contributed by atoms with Gasteiger partial charge >= 0.3 is 11.9 Å². The number of methoxy groups -OCH3 is 1. The lowest BCUT2D eigenvalue weighted by atomic mass is 10.0. The van der Waals surface area contributed by atoms with Crippen molar-refractivity contribution in [1.82, 2.24) is 0 Å². The van der Waals surface area contributed by atoms with Gasteiger partial charge in [0.05, 0.1) is 7.11 Å². The molecule has 100 valence electrons. The molecule has 0 N–H and O–H groups in total. The topological polar surface area (TPSA) is 52.6 Å². The van der Waals surface area contributed by atoms with Crippen molar-refractivity contribution in [2.24, 2.45) is 5.41 Å². The van der Waals surface area contributed by atoms with Crippen molar-refractivity contribution < 1.29 is 19.1 Å². The molecule has 0 heterocycles. The van der Waals surface area contributed by atoms with Crippen molar-refractivity contribution in [1.29, 1.82) is 0 Å². The minimum Gasteiger partial charge on any atom is -0.468 e. The SMILES string of the molecule is COC(=O)[C@]1(/C=C/c2ccccc2)C[C@H]1OC(C)=O. The van der Waals surface area contributed by atoms with Crippen LogP contribution in [0, 0.1) is 5.41 Å². The maximum Gasteiger partial charge on any atom is 0.319 e. The highest BCUT2D eigenvalue weighted by Crippen LogP contribution is 2.51. The Hall–Kier alpha value is -2.10. The summed E-state index contributed by atoms with van der Waals surface area (Å²) >= 11 is 0. The quantitative estimate of drug-likeness (QED) is 0.779. The Balaban J connectivity index is 2.15. The number of ether oxygens (including phenoxy) is 2. The zero-order valence-electron chi connectivity index (χ0n) is 11.0. The van der Waals surface area contributed by atoms with Crippen molar-refractivity contribution in [2.75, 3.05) is 7.11 Å². The summed E-state index contributed by atoms with van der Waals surface area (Å²) in [4.78, 5) is 22.8. The van der Waals surface area contributed by atoms with Gasteiger partial charge in [-0.25, -0.2) is 0 Å². The predicted octanol–water partition coefficient (Wildman–Crippen LogP) is 2.19. The minimum absolute atomic E-state index is 0.370. The molecule has 2 rings (SSSR count). The van der Waals surface area contributed by atoms with E-state index in [1.807, 2.05) is 36.4 Å². The first kappa shape index (κ1) is 13.3. The standard InChI is InChI=1S/C15H16O4/c1-11(16)19-13-10-15(13,14(17)18-2)9-8-12-6-4-3-5-7-12/h3-9,13H,10H2,1-2H3/b9-8+/t13-,15-/m1/s1. The molecule has 1 aliphatic carbocycles. The summed E-state index contributed by atoms with van der Waals surface area (Å²) < 4.78 is 9.89. The first-order chi connectivity index (χ1) is 9.08. The molecule has 0 bridgehead atoms. The monoisotopic (exact) mass is 260 g/mol. The Morgan fingerprint density at radius 1 is 1.32 bits per heavy atom. The lowest BCUT2D eigenvalue weighted by Gasteiger charge is -2.10. The molecule has 1 aromatic rings. The average molecular weight is 260 g/mol. The second-order valence-corrected chi connectivity index (χ2v) is 4.58. The van der Waals surface area contributed by atoms with E-state index in [0.29, 0.717) is 6.42 Å². The van der Waals surface area contributed by atoms with E-state index in [1.54, 1.807) is 6.08 Å². The molecule has 2 atom stereocenters. The Kier molecular flexibility index (Phi) is 3.69. The molecule has 4 heteroatoms. The zero-order chi connectivity index (χ0) is 13.9. The van der Waals surface area contributed by atoms with Crippen LogP contribution < -0.4 is 0 Å². The highest BCUT2D eigenvalue weighted by atomic mass is 16.6. The van der Waals surface area contributed by atoms with E-state index >= 15 is 0 Å². The first-order valence-corrected chi connectivity index (χ1v) is 6.08. The summed E-state index contributed by atoms with van der Waals surface area (Å²) in [7, 11) is 1.34. The molecule has 0 aliphatic heterocycles. The molecule has 0 unspecified atom stereocenters. The Morgan fingerprint density at radius 3 is 2.58 bits per heavy atom. The summed E-state index contributed by atoms with van der Waals surface area (Å²) in [5.74, 6) is -0.755. The fourth-order valence-corrected chi connectivity index (χ4v) is 2.05. The third-order valence-electron chi connectivity index (χ3n) is 3.18. The van der Waals surface area contributed by atoms with Gasteiger partial charge in [0, 0.05) is 13.3 Å². The van der Waals surface area contributed by atoms with Crippen LogP contribution in [-0.2, 0) is 19.1 Å². The van der Waals surface area contributed by atoms with Crippen molar-refractivity contribution in [2.45, 2.75) is 19.4 Å². The molecule has 1 fully saturated rings. The molecule has 0 radical (unpaired) electrons. The van der Waals surface area contributed by atoms with Crippen LogP contribution in [0.5, 0.6) is 0 Å². The van der Waals surface area contributed by atoms with E-state index in [4.69, 9.17) is 9.47 Å². The van der Waals surface area contributed by atoms with Gasteiger partial charge in [-0.3, -0.25) is 9.59 Å². The summed E-state index contributed by atoms with van der Waals surface area (Å²) in [5.41, 5.74) is 0.162. The Labute approximate surface area is 112 Å². The maximum atomic E-state index is 11.8. The van der Waals surface area contributed by atoms with E-state index in [-0.39, 0.29) is 11.9 Å². The fraction of sp³-hybridized carbons (Fsp3) is 0.333. The number of hydrogen-bond acceptors (Lipinski definition) is 4. The lowest BCUT2D eigenvalue weighted by Crippen LogP contribution is -2.21. The molecule has 19 heavy (non-hydrogen) atoms. The number of carbonyl (C=O) groups excluding carboxylic acids is 2. The van der Waals surface area contributed by atoms with Crippen LogP contribution in [0.1, 0.15) is 18.9 Å². The van der Waals surface area contributed by atoms with Gasteiger partial charge in [-0.1, -0.05) is 42.5 Å². The van der Waals surface area contributed by atoms with Gasteiger partial charge in [0.2, 0.25) is 0 Å². The third kappa shape index (κ3) is 2.84. The Bertz CT molecular complexity index is 506. The fourth-order valence-electron chi connectivity index (χ4n) is 2.05. The predicted molar refractivity (Wildman–Crippen MR) is 70.1 cm³/mol. The van der Waals surface area contributed by atoms with Crippen LogP contribution >= 0.6 is 0 Å². The summed E-state index contributed by atoms with van der Waals surface area (Å²) in [6, 6.07) is 9.63. The zero-order valence-corrected chi connectivity index (χ0v) is 11.0. The largest absolute Gasteiger partial charge is 0.468 e. The molecule has 0 amide bonds. The molecule has 1 aliphatic rings. The molecular formula is C15H16O4. The van der Waals surface area contributed by atoms with E-state index in [1.165, 1.54) is 14.0 Å². The normalized spacial score (nSPS) is 25.1. The Morgan fingerprint density at radius 2 is 2.00 bits per heavy atom. The smallest absolute Gasteiger partial charge is 0.319 e. The van der Waals surface area contributed by atoms with Crippen LogP contribution in [0.2, 0.25) is 0 Å². The number of hydrogen-bond donors (Lipinski definition) is 0. The molecular weight excluding hydrogens is 244 g/mol. The van der Waals surface area contributed by atoms with Gasteiger partial charge < -0.3 is 9.47 Å². The van der Waals surface area contributed by atoms with Crippen LogP contribution in [0.3, 0.4) is 0 Å². The first-order valence-electron chi connectivity index (χ1n) is 6.08. The van der Waals surface area contributed by atoms with Gasteiger partial charge in [0.15, 0.2) is 0 Å². The third-order valence-corrected chi connectivity index (χ3v) is 3.18. The average Bonchev–Trinajstić information content (AvgIpc) is 3.10. The second kappa shape index (κ2) is 5.26. The number of rotatable bonds is 4. The van der Waals surface area contributed by atoms with Gasteiger partial charge in [-0.15, -0.1) is 0 Å². The maximum absolute atomic E-state index is 11.8. The molecule has 0 aromatic heterocycles. The second-order valence-electron chi connectivity index (χ2n) is 4.58. The van der Waals surface area contributed by atoms with E-state index < -0.39 is 11.5 Å². The minimum atomic E-state index is -0.823. The van der Waals surface area contributed by atoms with Crippen LogP contribution in [0.4, 0.5) is 0 Å². The number of benzene rings is 1. The van der Waals surface area contributed by atoms with Crippen molar-refractivity contribution in [3.8, 4) is 0 Å². The molecule has 4 nitrogen and oxygen atoms in total. The van der Waals surface area contributed by atoms with Crippen molar-refractivity contribution in [3.05, 3.63) is 42.0 Å². The van der Waals surface area contributed by atoms with Gasteiger partial charge in [-0.2, -0.15) is 0 Å². The van der Waals surface area contributed by atoms with Gasteiger partial charge in [0.25, 0.3) is 0 Å².